The number of hydrogen-bond donors (Lipinski definition) is 4. The summed E-state index contributed by atoms with van der Waals surface area (Å²) in [7, 11) is 0. The molecule has 27 heavy (non-hydrogen) atoms. The highest BCUT2D eigenvalue weighted by molar-refractivity contribution is 5.86. The van der Waals surface area contributed by atoms with E-state index in [9.17, 15) is 24.9 Å². The number of aromatic nitrogens is 2. The molecule has 3 aromatic rings. The van der Waals surface area contributed by atoms with E-state index in [0.29, 0.717) is 5.56 Å². The maximum absolute atomic E-state index is 12.5. The van der Waals surface area contributed by atoms with Gasteiger partial charge in [0.05, 0.1) is 12.3 Å². The molecule has 1 aliphatic rings. The van der Waals surface area contributed by atoms with E-state index in [1.165, 1.54) is 6.07 Å². The second-order valence-electron chi connectivity index (χ2n) is 6.48. The molecule has 0 bridgehead atoms. The quantitative estimate of drug-likeness (QED) is 0.513. The van der Waals surface area contributed by atoms with Crippen molar-refractivity contribution in [3.63, 3.8) is 0 Å². The van der Waals surface area contributed by atoms with Crippen molar-refractivity contribution in [2.75, 3.05) is 6.61 Å². The third-order valence-electron chi connectivity index (χ3n) is 4.79. The molecule has 0 aliphatic carbocycles. The lowest BCUT2D eigenvalue weighted by Crippen LogP contribution is -2.38. The molecule has 1 aromatic heterocycles. The highest BCUT2D eigenvalue weighted by atomic mass is 16.6. The van der Waals surface area contributed by atoms with E-state index in [-0.39, 0.29) is 5.69 Å². The van der Waals surface area contributed by atoms with Crippen molar-refractivity contribution >= 4 is 10.8 Å². The third kappa shape index (κ3) is 2.98. The first-order valence-corrected chi connectivity index (χ1v) is 8.47. The van der Waals surface area contributed by atoms with Gasteiger partial charge in [-0.15, -0.1) is 0 Å². The van der Waals surface area contributed by atoms with E-state index >= 15 is 0 Å². The SMILES string of the molecule is O=c1cc(-c2ccc3ccccc3c2)n([C@@H]2O[C@H](CO)[C@@H](O)[C@H]2O)c(=O)[nH]1. The first-order chi connectivity index (χ1) is 13.0. The summed E-state index contributed by atoms with van der Waals surface area (Å²) in [6, 6.07) is 14.3. The molecule has 1 fully saturated rings. The normalized spacial score (nSPS) is 25.1. The molecule has 0 saturated carbocycles. The molecule has 140 valence electrons. The second-order valence-corrected chi connectivity index (χ2v) is 6.48. The Labute approximate surface area is 152 Å². The Morgan fingerprint density at radius 3 is 2.44 bits per heavy atom. The van der Waals surface area contributed by atoms with Crippen LogP contribution in [-0.4, -0.2) is 49.8 Å². The van der Waals surface area contributed by atoms with Gasteiger partial charge in [-0.2, -0.15) is 0 Å². The van der Waals surface area contributed by atoms with Crippen LogP contribution >= 0.6 is 0 Å². The number of aromatic amines is 1. The van der Waals surface area contributed by atoms with E-state index < -0.39 is 42.4 Å². The fraction of sp³-hybridized carbons (Fsp3) is 0.263. The molecule has 1 aliphatic heterocycles. The van der Waals surface area contributed by atoms with E-state index in [1.54, 1.807) is 6.07 Å². The van der Waals surface area contributed by atoms with Gasteiger partial charge in [0.2, 0.25) is 0 Å². The Bertz CT molecular complexity index is 1110. The average Bonchev–Trinajstić information content (AvgIpc) is 2.95. The van der Waals surface area contributed by atoms with Gasteiger partial charge in [0.1, 0.15) is 18.3 Å². The zero-order valence-corrected chi connectivity index (χ0v) is 14.1. The van der Waals surface area contributed by atoms with Gasteiger partial charge in [-0.1, -0.05) is 36.4 Å². The van der Waals surface area contributed by atoms with Crippen LogP contribution in [-0.2, 0) is 4.74 Å². The minimum absolute atomic E-state index is 0.240. The lowest BCUT2D eigenvalue weighted by atomic mass is 10.0. The molecule has 0 radical (unpaired) electrons. The number of rotatable bonds is 3. The minimum atomic E-state index is -1.44. The maximum atomic E-state index is 12.5. The Balaban J connectivity index is 1.90. The van der Waals surface area contributed by atoms with Gasteiger partial charge < -0.3 is 20.1 Å². The number of H-pyrrole nitrogens is 1. The number of aliphatic hydroxyl groups excluding tert-OH is 3. The lowest BCUT2D eigenvalue weighted by molar-refractivity contribution is -0.0541. The molecule has 0 spiro atoms. The Morgan fingerprint density at radius 2 is 1.74 bits per heavy atom. The Kier molecular flexibility index (Phi) is 4.40. The molecular weight excluding hydrogens is 352 g/mol. The Morgan fingerprint density at radius 1 is 1.00 bits per heavy atom. The van der Waals surface area contributed by atoms with Crippen molar-refractivity contribution in [3.8, 4) is 11.3 Å². The molecule has 8 heteroatoms. The summed E-state index contributed by atoms with van der Waals surface area (Å²) in [5.74, 6) is 0. The van der Waals surface area contributed by atoms with Crippen molar-refractivity contribution in [2.45, 2.75) is 24.5 Å². The molecule has 8 nitrogen and oxygen atoms in total. The van der Waals surface area contributed by atoms with E-state index in [0.717, 1.165) is 15.3 Å². The predicted molar refractivity (Wildman–Crippen MR) is 97.3 cm³/mol. The zero-order valence-electron chi connectivity index (χ0n) is 14.1. The van der Waals surface area contributed by atoms with E-state index in [4.69, 9.17) is 4.74 Å². The molecule has 4 rings (SSSR count). The maximum Gasteiger partial charge on any atom is 0.331 e. The third-order valence-corrected chi connectivity index (χ3v) is 4.79. The van der Waals surface area contributed by atoms with Crippen LogP contribution in [0.15, 0.2) is 58.1 Å². The van der Waals surface area contributed by atoms with Crippen molar-refractivity contribution in [3.05, 3.63) is 69.4 Å². The summed E-state index contributed by atoms with van der Waals surface area (Å²) in [6.45, 7) is -0.516. The van der Waals surface area contributed by atoms with Gasteiger partial charge in [0.25, 0.3) is 5.56 Å². The van der Waals surface area contributed by atoms with Gasteiger partial charge in [0, 0.05) is 6.07 Å². The van der Waals surface area contributed by atoms with Crippen LogP contribution in [0.25, 0.3) is 22.0 Å². The van der Waals surface area contributed by atoms with Crippen LogP contribution < -0.4 is 11.2 Å². The topological polar surface area (TPSA) is 125 Å². The van der Waals surface area contributed by atoms with Crippen LogP contribution in [0, 0.1) is 0 Å². The average molecular weight is 370 g/mol. The van der Waals surface area contributed by atoms with Gasteiger partial charge in [-0.3, -0.25) is 14.3 Å². The molecule has 0 amide bonds. The fourth-order valence-electron chi connectivity index (χ4n) is 3.42. The van der Waals surface area contributed by atoms with Crippen molar-refractivity contribution in [1.29, 1.82) is 0 Å². The molecule has 1 saturated heterocycles. The summed E-state index contributed by atoms with van der Waals surface area (Å²) in [5.41, 5.74) is -0.550. The molecular formula is C19H18N2O6. The number of ether oxygens (including phenoxy) is 1. The molecule has 4 atom stereocenters. The smallest absolute Gasteiger partial charge is 0.331 e. The standard InChI is InChI=1S/C19H18N2O6/c22-9-14-16(24)17(25)18(27-14)21-13(8-15(23)20-19(21)26)12-6-5-10-3-1-2-4-11(10)7-12/h1-8,14,16-18,22,24-25H,9H2,(H,20,23,26)/t14-,16-,17-,18-/m1/s1. The van der Waals surface area contributed by atoms with Crippen LogP contribution in [0.5, 0.6) is 0 Å². The summed E-state index contributed by atoms with van der Waals surface area (Å²) >= 11 is 0. The predicted octanol–water partition coefficient (Wildman–Crippen LogP) is -0.0317. The largest absolute Gasteiger partial charge is 0.394 e. The fourth-order valence-corrected chi connectivity index (χ4v) is 3.42. The van der Waals surface area contributed by atoms with Gasteiger partial charge >= 0.3 is 5.69 Å². The molecule has 0 unspecified atom stereocenters. The lowest BCUT2D eigenvalue weighted by Gasteiger charge is -2.21. The summed E-state index contributed by atoms with van der Waals surface area (Å²) < 4.78 is 6.57. The van der Waals surface area contributed by atoms with Gasteiger partial charge in [0.15, 0.2) is 6.23 Å². The summed E-state index contributed by atoms with van der Waals surface area (Å²) in [4.78, 5) is 26.6. The Hall–Kier alpha value is -2.78. The number of hydrogen-bond acceptors (Lipinski definition) is 6. The van der Waals surface area contributed by atoms with Gasteiger partial charge in [-0.05, 0) is 22.4 Å². The first-order valence-electron chi connectivity index (χ1n) is 8.47. The minimum Gasteiger partial charge on any atom is -0.394 e. The highest BCUT2D eigenvalue weighted by Gasteiger charge is 2.44. The highest BCUT2D eigenvalue weighted by Crippen LogP contribution is 2.32. The molecule has 4 N–H and O–H groups in total. The number of aliphatic hydroxyl groups is 3. The van der Waals surface area contributed by atoms with Crippen LogP contribution in [0.3, 0.4) is 0 Å². The number of nitrogens with one attached hydrogen (secondary N) is 1. The van der Waals surface area contributed by atoms with Crippen molar-refractivity contribution < 1.29 is 20.1 Å². The van der Waals surface area contributed by atoms with Crippen LogP contribution in [0.2, 0.25) is 0 Å². The number of nitrogens with zero attached hydrogens (tertiary/aromatic N) is 1. The van der Waals surface area contributed by atoms with E-state index in [2.05, 4.69) is 4.98 Å². The van der Waals surface area contributed by atoms with Crippen LogP contribution in [0.1, 0.15) is 6.23 Å². The van der Waals surface area contributed by atoms with E-state index in [1.807, 2.05) is 36.4 Å². The summed E-state index contributed by atoms with van der Waals surface area (Å²) in [6.07, 6.45) is -5.08. The number of benzene rings is 2. The second kappa shape index (κ2) is 6.75. The molecule has 2 heterocycles. The van der Waals surface area contributed by atoms with Crippen LogP contribution in [0.4, 0.5) is 0 Å². The van der Waals surface area contributed by atoms with Crippen molar-refractivity contribution in [2.24, 2.45) is 0 Å². The number of fused-ring (bicyclic) bond motifs is 1. The summed E-state index contributed by atoms with van der Waals surface area (Å²) in [5, 5.41) is 31.5. The zero-order chi connectivity index (χ0) is 19.1. The van der Waals surface area contributed by atoms with Gasteiger partial charge in [-0.25, -0.2) is 4.79 Å². The molecule has 2 aromatic carbocycles. The monoisotopic (exact) mass is 370 g/mol. The first kappa shape index (κ1) is 17.6. The van der Waals surface area contributed by atoms with Crippen molar-refractivity contribution in [1.82, 2.24) is 9.55 Å².